The molecule has 2 rings (SSSR count). The maximum absolute atomic E-state index is 13.1. The summed E-state index contributed by atoms with van der Waals surface area (Å²) in [7, 11) is 0. The van der Waals surface area contributed by atoms with Crippen molar-refractivity contribution in [2.45, 2.75) is 20.0 Å². The Kier molecular flexibility index (Phi) is 5.33. The highest BCUT2D eigenvalue weighted by Gasteiger charge is 2.36. The van der Waals surface area contributed by atoms with E-state index in [1.54, 1.807) is 0 Å². The lowest BCUT2D eigenvalue weighted by molar-refractivity contribution is -0.137. The first-order valence-electron chi connectivity index (χ1n) is 7.03. The van der Waals surface area contributed by atoms with Crippen LogP contribution in [0.25, 0.3) is 11.3 Å². The summed E-state index contributed by atoms with van der Waals surface area (Å²) in [4.78, 5) is 15.6. The molecule has 0 N–H and O–H groups in total. The third-order valence-corrected chi connectivity index (χ3v) is 3.27. The summed E-state index contributed by atoms with van der Waals surface area (Å²) < 4.78 is 45.1. The number of rotatable bonds is 3. The molecule has 0 spiro atoms. The molecule has 25 heavy (non-hydrogen) atoms. The van der Waals surface area contributed by atoms with Crippen LogP contribution in [0.4, 0.5) is 18.0 Å². The molecule has 0 unspecified atom stereocenters. The molecule has 2 aromatic rings. The molecule has 0 aromatic carbocycles. The van der Waals surface area contributed by atoms with Gasteiger partial charge in [0, 0.05) is 11.8 Å². The highest BCUT2D eigenvalue weighted by Crippen LogP contribution is 2.36. The molecule has 0 amide bonds. The molecule has 2 heterocycles. The van der Waals surface area contributed by atoms with E-state index in [0.29, 0.717) is 6.07 Å². The van der Waals surface area contributed by atoms with Crippen LogP contribution in [-0.4, -0.2) is 27.5 Å². The number of aromatic nitrogens is 3. The Morgan fingerprint density at radius 1 is 1.48 bits per heavy atom. The average Bonchev–Trinajstić information content (AvgIpc) is 3.00. The molecule has 0 atom stereocenters. The summed E-state index contributed by atoms with van der Waals surface area (Å²) in [5.41, 5.74) is -2.01. The minimum atomic E-state index is -4.78. The van der Waals surface area contributed by atoms with Gasteiger partial charge in [-0.2, -0.15) is 28.2 Å². The second-order valence-corrected chi connectivity index (χ2v) is 5.83. The first-order chi connectivity index (χ1) is 11.6. The van der Waals surface area contributed by atoms with Gasteiger partial charge in [0.25, 0.3) is 0 Å². The molecule has 0 radical (unpaired) electrons. The van der Waals surface area contributed by atoms with E-state index in [-0.39, 0.29) is 23.8 Å². The summed E-state index contributed by atoms with van der Waals surface area (Å²) in [6.45, 7) is 3.87. The molecule has 0 bridgehead atoms. The molecule has 0 saturated carbocycles. The Hall–Kier alpha value is -2.60. The highest BCUT2D eigenvalue weighted by molar-refractivity contribution is 6.30. The summed E-state index contributed by atoms with van der Waals surface area (Å²) in [6, 6.07) is 2.08. The van der Waals surface area contributed by atoms with Crippen molar-refractivity contribution in [1.82, 2.24) is 14.8 Å². The van der Waals surface area contributed by atoms with Gasteiger partial charge < -0.3 is 4.74 Å². The molecule has 2 aromatic heterocycles. The van der Waals surface area contributed by atoms with Crippen molar-refractivity contribution >= 4 is 17.7 Å². The van der Waals surface area contributed by atoms with E-state index in [0.717, 1.165) is 10.9 Å². The number of nitrogens with zero attached hydrogens (tertiary/aromatic N) is 4. The van der Waals surface area contributed by atoms with Crippen molar-refractivity contribution < 1.29 is 22.7 Å². The van der Waals surface area contributed by atoms with E-state index < -0.39 is 28.5 Å². The first-order valence-corrected chi connectivity index (χ1v) is 7.41. The van der Waals surface area contributed by atoms with Gasteiger partial charge in [-0.25, -0.2) is 9.78 Å². The van der Waals surface area contributed by atoms with E-state index in [1.165, 1.54) is 12.3 Å². The normalized spacial score (nSPS) is 11.4. The van der Waals surface area contributed by atoms with Gasteiger partial charge in [0.1, 0.15) is 16.8 Å². The fourth-order valence-corrected chi connectivity index (χ4v) is 2.09. The zero-order valence-corrected chi connectivity index (χ0v) is 13.9. The molecule has 0 saturated heterocycles. The number of carbonyl (C=O) groups is 1. The monoisotopic (exact) mass is 372 g/mol. The van der Waals surface area contributed by atoms with E-state index in [2.05, 4.69) is 10.1 Å². The third kappa shape index (κ3) is 4.28. The minimum Gasteiger partial charge on any atom is -0.448 e. The van der Waals surface area contributed by atoms with E-state index in [4.69, 9.17) is 21.6 Å². The number of hydrogen-bond acceptors (Lipinski definition) is 5. The van der Waals surface area contributed by atoms with Crippen LogP contribution in [0, 0.1) is 17.2 Å². The Morgan fingerprint density at radius 2 is 2.16 bits per heavy atom. The molecule has 132 valence electrons. The second kappa shape index (κ2) is 7.11. The number of pyridine rings is 1. The number of ether oxygens (including phenoxy) is 1. The van der Waals surface area contributed by atoms with Gasteiger partial charge in [-0.3, -0.25) is 0 Å². The molecule has 0 aliphatic carbocycles. The van der Waals surface area contributed by atoms with Crippen LogP contribution in [0.15, 0.2) is 18.5 Å². The molecule has 0 aliphatic heterocycles. The topological polar surface area (TPSA) is 80.8 Å². The van der Waals surface area contributed by atoms with Gasteiger partial charge in [-0.15, -0.1) is 0 Å². The molecule has 10 heteroatoms. The number of nitriles is 1. The Bertz CT molecular complexity index is 840. The number of halogens is 4. The average molecular weight is 373 g/mol. The van der Waals surface area contributed by atoms with E-state index >= 15 is 0 Å². The van der Waals surface area contributed by atoms with Crippen LogP contribution < -0.4 is 0 Å². The van der Waals surface area contributed by atoms with Crippen LogP contribution in [0.1, 0.15) is 25.0 Å². The van der Waals surface area contributed by atoms with E-state index in [1.807, 2.05) is 13.8 Å². The summed E-state index contributed by atoms with van der Waals surface area (Å²) in [5, 5.41) is 12.0. The van der Waals surface area contributed by atoms with Crippen LogP contribution in [0.3, 0.4) is 0 Å². The fraction of sp³-hybridized carbons (Fsp3) is 0.333. The van der Waals surface area contributed by atoms with Crippen molar-refractivity contribution in [2.24, 2.45) is 5.92 Å². The van der Waals surface area contributed by atoms with Gasteiger partial charge in [0.2, 0.25) is 0 Å². The number of carbonyl (C=O) groups excluding carboxylic acids is 1. The lowest BCUT2D eigenvalue weighted by Crippen LogP contribution is -2.16. The van der Waals surface area contributed by atoms with Crippen molar-refractivity contribution in [3.05, 3.63) is 34.7 Å². The van der Waals surface area contributed by atoms with Gasteiger partial charge in [0.05, 0.1) is 24.1 Å². The van der Waals surface area contributed by atoms with Crippen molar-refractivity contribution in [3.8, 4) is 17.3 Å². The van der Waals surface area contributed by atoms with E-state index in [9.17, 15) is 18.0 Å². The summed E-state index contributed by atoms with van der Waals surface area (Å²) in [6.07, 6.45) is -3.22. The standard InChI is InChI=1S/C15H12ClF3N4O2/c1-8(2)7-25-14(24)23-6-9(5-21-23)12-3-11(15(17,18)19)10(4-20)13(16)22-12/h3,5-6,8H,7H2,1-2H3. The van der Waals surface area contributed by atoms with Gasteiger partial charge in [-0.1, -0.05) is 25.4 Å². The number of alkyl halides is 3. The predicted octanol–water partition coefficient (Wildman–Crippen LogP) is 4.13. The maximum atomic E-state index is 13.1. The van der Waals surface area contributed by atoms with Crippen molar-refractivity contribution in [2.75, 3.05) is 6.61 Å². The summed E-state index contributed by atoms with van der Waals surface area (Å²) >= 11 is 5.69. The van der Waals surface area contributed by atoms with Crippen LogP contribution in [-0.2, 0) is 10.9 Å². The molecule has 0 fully saturated rings. The fourth-order valence-electron chi connectivity index (χ4n) is 1.85. The van der Waals surface area contributed by atoms with Crippen molar-refractivity contribution in [1.29, 1.82) is 5.26 Å². The van der Waals surface area contributed by atoms with Crippen LogP contribution in [0.5, 0.6) is 0 Å². The third-order valence-electron chi connectivity index (χ3n) is 3.00. The Balaban J connectivity index is 2.39. The minimum absolute atomic E-state index is 0.118. The predicted molar refractivity (Wildman–Crippen MR) is 81.8 cm³/mol. The lowest BCUT2D eigenvalue weighted by Gasteiger charge is -2.11. The molecule has 6 nitrogen and oxygen atoms in total. The molecule has 0 aliphatic rings. The zero-order valence-electron chi connectivity index (χ0n) is 13.1. The largest absolute Gasteiger partial charge is 0.448 e. The SMILES string of the molecule is CC(C)COC(=O)n1cc(-c2cc(C(F)(F)F)c(C#N)c(Cl)n2)cn1. The quantitative estimate of drug-likeness (QED) is 0.757. The van der Waals surface area contributed by atoms with Crippen LogP contribution >= 0.6 is 11.6 Å². The molecular formula is C15H12ClF3N4O2. The first kappa shape index (κ1) is 18.7. The Labute approximate surface area is 145 Å². The van der Waals surface area contributed by atoms with Crippen LogP contribution in [0.2, 0.25) is 5.15 Å². The van der Waals surface area contributed by atoms with Crippen molar-refractivity contribution in [3.63, 3.8) is 0 Å². The van der Waals surface area contributed by atoms with Gasteiger partial charge >= 0.3 is 12.3 Å². The Morgan fingerprint density at radius 3 is 2.72 bits per heavy atom. The zero-order chi connectivity index (χ0) is 18.8. The van der Waals surface area contributed by atoms with Gasteiger partial charge in [-0.05, 0) is 12.0 Å². The lowest BCUT2D eigenvalue weighted by atomic mass is 10.1. The highest BCUT2D eigenvalue weighted by atomic mass is 35.5. The second-order valence-electron chi connectivity index (χ2n) is 5.47. The number of hydrogen-bond donors (Lipinski definition) is 0. The molecular weight excluding hydrogens is 361 g/mol. The maximum Gasteiger partial charge on any atom is 0.434 e. The van der Waals surface area contributed by atoms with Gasteiger partial charge in [0.15, 0.2) is 0 Å². The summed E-state index contributed by atoms with van der Waals surface area (Å²) in [5.74, 6) is 0.118. The smallest absolute Gasteiger partial charge is 0.434 e.